The van der Waals surface area contributed by atoms with Crippen molar-refractivity contribution in [1.29, 1.82) is 0 Å². The van der Waals surface area contributed by atoms with Crippen LogP contribution in [0.5, 0.6) is 0 Å². The van der Waals surface area contributed by atoms with Crippen LogP contribution in [0, 0.1) is 5.82 Å². The number of rotatable bonds is 3. The Bertz CT molecular complexity index is 463. The fourth-order valence-electron chi connectivity index (χ4n) is 1.76. The van der Waals surface area contributed by atoms with Crippen molar-refractivity contribution in [3.05, 3.63) is 29.0 Å². The van der Waals surface area contributed by atoms with Gasteiger partial charge in [-0.2, -0.15) is 0 Å². The van der Waals surface area contributed by atoms with Crippen LogP contribution in [0.2, 0.25) is 5.02 Å². The lowest BCUT2D eigenvalue weighted by Gasteiger charge is -2.36. The first kappa shape index (κ1) is 13.1. The molecule has 4 nitrogen and oxygen atoms in total. The summed E-state index contributed by atoms with van der Waals surface area (Å²) in [7, 11) is 0. The largest absolute Gasteiger partial charge is 0.388 e. The smallest absolute Gasteiger partial charge is 0.319 e. The van der Waals surface area contributed by atoms with Crippen molar-refractivity contribution in [3.8, 4) is 0 Å². The molecule has 0 heterocycles. The molecular weight excluding hydrogens is 259 g/mol. The predicted octanol–water partition coefficient (Wildman–Crippen LogP) is 2.52. The molecule has 1 aliphatic carbocycles. The van der Waals surface area contributed by atoms with E-state index in [2.05, 4.69) is 10.6 Å². The summed E-state index contributed by atoms with van der Waals surface area (Å²) in [6.07, 6.45) is 2.39. The highest BCUT2D eigenvalue weighted by atomic mass is 35.5. The second-order valence-electron chi connectivity index (χ2n) is 4.51. The number of urea groups is 1. The molecule has 0 aliphatic heterocycles. The Morgan fingerprint density at radius 3 is 2.78 bits per heavy atom. The minimum Gasteiger partial charge on any atom is -0.388 e. The summed E-state index contributed by atoms with van der Waals surface area (Å²) in [5, 5.41) is 14.8. The number of hydrogen-bond acceptors (Lipinski definition) is 2. The molecule has 0 aromatic heterocycles. The Kier molecular flexibility index (Phi) is 3.73. The number of nitrogens with one attached hydrogen (secondary N) is 2. The molecule has 0 unspecified atom stereocenters. The van der Waals surface area contributed by atoms with Gasteiger partial charge in [0.15, 0.2) is 0 Å². The van der Waals surface area contributed by atoms with Gasteiger partial charge in [-0.05, 0) is 37.5 Å². The summed E-state index contributed by atoms with van der Waals surface area (Å²) in [5.74, 6) is -0.536. The minimum absolute atomic E-state index is 0.0505. The van der Waals surface area contributed by atoms with Crippen molar-refractivity contribution in [3.63, 3.8) is 0 Å². The van der Waals surface area contributed by atoms with E-state index in [1.165, 1.54) is 18.2 Å². The van der Waals surface area contributed by atoms with Crippen molar-refractivity contribution in [2.24, 2.45) is 0 Å². The number of benzene rings is 1. The Labute approximate surface area is 109 Å². The van der Waals surface area contributed by atoms with Gasteiger partial charge in [0.25, 0.3) is 0 Å². The van der Waals surface area contributed by atoms with E-state index in [0.29, 0.717) is 18.5 Å². The maximum absolute atomic E-state index is 12.9. The Morgan fingerprint density at radius 2 is 2.22 bits per heavy atom. The fraction of sp³-hybridized carbons (Fsp3) is 0.417. The normalized spacial score (nSPS) is 16.8. The molecule has 1 aliphatic rings. The lowest BCUT2D eigenvalue weighted by atomic mass is 9.80. The van der Waals surface area contributed by atoms with E-state index >= 15 is 0 Å². The van der Waals surface area contributed by atoms with Gasteiger partial charge in [0.1, 0.15) is 5.82 Å². The van der Waals surface area contributed by atoms with Crippen LogP contribution in [0.3, 0.4) is 0 Å². The molecule has 0 spiro atoms. The van der Waals surface area contributed by atoms with E-state index in [4.69, 9.17) is 11.6 Å². The molecule has 1 saturated carbocycles. The summed E-state index contributed by atoms with van der Waals surface area (Å²) in [6, 6.07) is 3.48. The molecule has 2 amide bonds. The van der Waals surface area contributed by atoms with Crippen molar-refractivity contribution in [2.75, 3.05) is 11.9 Å². The number of carbonyl (C=O) groups excluding carboxylic acids is 1. The number of hydrogen-bond donors (Lipinski definition) is 3. The van der Waals surface area contributed by atoms with Gasteiger partial charge >= 0.3 is 6.03 Å². The Morgan fingerprint density at radius 1 is 1.50 bits per heavy atom. The highest BCUT2D eigenvalue weighted by Gasteiger charge is 2.34. The standard InChI is InChI=1S/C12H14ClFN2O2/c13-9-6-8(2-3-10(9)14)16-11(17)15-7-12(18)4-1-5-12/h2-3,6,18H,1,4-5,7H2,(H2,15,16,17). The monoisotopic (exact) mass is 272 g/mol. The molecule has 98 valence electrons. The molecule has 0 radical (unpaired) electrons. The molecule has 1 aromatic rings. The Hall–Kier alpha value is -1.33. The summed E-state index contributed by atoms with van der Waals surface area (Å²) >= 11 is 5.59. The quantitative estimate of drug-likeness (QED) is 0.792. The van der Waals surface area contributed by atoms with Gasteiger partial charge in [-0.1, -0.05) is 11.6 Å². The number of amides is 2. The first-order valence-electron chi connectivity index (χ1n) is 5.71. The maximum atomic E-state index is 12.9. The van der Waals surface area contributed by atoms with Crippen molar-refractivity contribution in [2.45, 2.75) is 24.9 Å². The van der Waals surface area contributed by atoms with E-state index in [0.717, 1.165) is 6.42 Å². The molecule has 2 rings (SSSR count). The van der Waals surface area contributed by atoms with Crippen LogP contribution in [0.15, 0.2) is 18.2 Å². The average Bonchev–Trinajstić information content (AvgIpc) is 2.29. The molecule has 0 saturated heterocycles. The van der Waals surface area contributed by atoms with Gasteiger partial charge in [-0.15, -0.1) is 0 Å². The third kappa shape index (κ3) is 3.11. The third-order valence-electron chi connectivity index (χ3n) is 3.04. The van der Waals surface area contributed by atoms with Crippen LogP contribution in [-0.4, -0.2) is 23.3 Å². The second kappa shape index (κ2) is 5.12. The van der Waals surface area contributed by atoms with Gasteiger partial charge in [-0.25, -0.2) is 9.18 Å². The molecule has 18 heavy (non-hydrogen) atoms. The molecule has 0 atom stereocenters. The number of carbonyl (C=O) groups is 1. The van der Waals surface area contributed by atoms with Crippen molar-refractivity contribution < 1.29 is 14.3 Å². The number of halogens is 2. The molecule has 0 bridgehead atoms. The zero-order chi connectivity index (χ0) is 13.2. The van der Waals surface area contributed by atoms with E-state index in [9.17, 15) is 14.3 Å². The lowest BCUT2D eigenvalue weighted by Crippen LogP contribution is -2.48. The third-order valence-corrected chi connectivity index (χ3v) is 3.33. The first-order chi connectivity index (χ1) is 8.48. The van der Waals surface area contributed by atoms with E-state index in [-0.39, 0.29) is 11.6 Å². The zero-order valence-corrected chi connectivity index (χ0v) is 10.4. The van der Waals surface area contributed by atoms with Gasteiger partial charge in [0.05, 0.1) is 10.6 Å². The first-order valence-corrected chi connectivity index (χ1v) is 6.09. The van der Waals surface area contributed by atoms with E-state index < -0.39 is 17.4 Å². The lowest BCUT2D eigenvalue weighted by molar-refractivity contribution is -0.0287. The van der Waals surface area contributed by atoms with Gasteiger partial charge in [0.2, 0.25) is 0 Å². The molecule has 6 heteroatoms. The summed E-state index contributed by atoms with van der Waals surface area (Å²) in [6.45, 7) is 0.216. The van der Waals surface area contributed by atoms with Crippen molar-refractivity contribution >= 4 is 23.3 Å². The van der Waals surface area contributed by atoms with Crippen molar-refractivity contribution in [1.82, 2.24) is 5.32 Å². The highest BCUT2D eigenvalue weighted by molar-refractivity contribution is 6.31. The molecule has 3 N–H and O–H groups in total. The molecule has 1 aromatic carbocycles. The van der Waals surface area contributed by atoms with Gasteiger partial charge in [-0.3, -0.25) is 0 Å². The minimum atomic E-state index is -0.766. The molecular formula is C12H14ClFN2O2. The number of aliphatic hydroxyl groups is 1. The maximum Gasteiger partial charge on any atom is 0.319 e. The van der Waals surface area contributed by atoms with Crippen LogP contribution in [0.25, 0.3) is 0 Å². The number of anilines is 1. The second-order valence-corrected chi connectivity index (χ2v) is 4.92. The highest BCUT2D eigenvalue weighted by Crippen LogP contribution is 2.30. The fourth-order valence-corrected chi connectivity index (χ4v) is 1.94. The predicted molar refractivity (Wildman–Crippen MR) is 67.2 cm³/mol. The summed E-state index contributed by atoms with van der Waals surface area (Å²) < 4.78 is 12.9. The van der Waals surface area contributed by atoms with Crippen LogP contribution >= 0.6 is 11.6 Å². The van der Waals surface area contributed by atoms with Gasteiger partial charge < -0.3 is 15.7 Å². The van der Waals surface area contributed by atoms with E-state index in [1.807, 2.05) is 0 Å². The Balaban J connectivity index is 1.85. The summed E-state index contributed by atoms with van der Waals surface area (Å²) in [5.41, 5.74) is -0.364. The van der Waals surface area contributed by atoms with Crippen LogP contribution in [-0.2, 0) is 0 Å². The molecule has 1 fully saturated rings. The van der Waals surface area contributed by atoms with Crippen LogP contribution in [0.1, 0.15) is 19.3 Å². The van der Waals surface area contributed by atoms with Crippen LogP contribution in [0.4, 0.5) is 14.9 Å². The zero-order valence-electron chi connectivity index (χ0n) is 9.67. The topological polar surface area (TPSA) is 61.4 Å². The van der Waals surface area contributed by atoms with E-state index in [1.54, 1.807) is 0 Å². The average molecular weight is 273 g/mol. The van der Waals surface area contributed by atoms with Crippen LogP contribution < -0.4 is 10.6 Å². The van der Waals surface area contributed by atoms with Gasteiger partial charge in [0, 0.05) is 12.2 Å². The SMILES string of the molecule is O=C(NCC1(O)CCC1)Nc1ccc(F)c(Cl)c1. The summed E-state index contributed by atoms with van der Waals surface area (Å²) in [4.78, 5) is 11.5.